The van der Waals surface area contributed by atoms with Crippen LogP contribution in [0.2, 0.25) is 0 Å². The van der Waals surface area contributed by atoms with Gasteiger partial charge in [0.05, 0.1) is 7.11 Å². The highest BCUT2D eigenvalue weighted by molar-refractivity contribution is 5.77. The minimum Gasteiger partial charge on any atom is -0.497 e. The van der Waals surface area contributed by atoms with Crippen molar-refractivity contribution in [2.45, 2.75) is 25.8 Å². The van der Waals surface area contributed by atoms with Crippen molar-refractivity contribution in [1.82, 2.24) is 5.32 Å². The predicted molar refractivity (Wildman–Crippen MR) is 103 cm³/mol. The summed E-state index contributed by atoms with van der Waals surface area (Å²) >= 11 is 0. The van der Waals surface area contributed by atoms with E-state index in [1.54, 1.807) is 19.2 Å². The van der Waals surface area contributed by atoms with Gasteiger partial charge in [0.25, 0.3) is 5.91 Å². The Morgan fingerprint density at radius 2 is 1.77 bits per heavy atom. The Hall–Kier alpha value is -2.69. The quantitative estimate of drug-likeness (QED) is 0.828. The molecule has 1 aliphatic rings. The Kier molecular flexibility index (Phi) is 6.36. The number of piperidine rings is 1. The maximum Gasteiger partial charge on any atom is 0.258 e. The Bertz CT molecular complexity index is 709. The highest BCUT2D eigenvalue weighted by Crippen LogP contribution is 2.20. The van der Waals surface area contributed by atoms with Gasteiger partial charge in [0, 0.05) is 31.4 Å². The van der Waals surface area contributed by atoms with Gasteiger partial charge in [-0.15, -0.1) is 0 Å². The van der Waals surface area contributed by atoms with Crippen LogP contribution in [0.15, 0.2) is 48.5 Å². The van der Waals surface area contributed by atoms with Gasteiger partial charge in [0.2, 0.25) is 0 Å². The molecule has 3 rings (SSSR count). The lowest BCUT2D eigenvalue weighted by molar-refractivity contribution is -0.123. The minimum atomic E-state index is -0.145. The highest BCUT2D eigenvalue weighted by Gasteiger charge is 2.10. The number of anilines is 1. The molecule has 0 saturated carbocycles. The Morgan fingerprint density at radius 1 is 1.04 bits per heavy atom. The summed E-state index contributed by atoms with van der Waals surface area (Å²) in [4.78, 5) is 14.4. The van der Waals surface area contributed by atoms with Crippen LogP contribution in [-0.4, -0.2) is 32.7 Å². The summed E-state index contributed by atoms with van der Waals surface area (Å²) in [5.74, 6) is 1.18. The number of benzene rings is 2. The number of nitrogens with one attached hydrogen (secondary N) is 1. The zero-order valence-corrected chi connectivity index (χ0v) is 15.2. The number of hydrogen-bond acceptors (Lipinski definition) is 4. The first kappa shape index (κ1) is 18.1. The largest absolute Gasteiger partial charge is 0.497 e. The van der Waals surface area contributed by atoms with Crippen molar-refractivity contribution in [2.75, 3.05) is 31.7 Å². The average molecular weight is 354 g/mol. The summed E-state index contributed by atoms with van der Waals surface area (Å²) < 4.78 is 10.6. The van der Waals surface area contributed by atoms with Crippen LogP contribution < -0.4 is 19.7 Å². The minimum absolute atomic E-state index is 0.0149. The number of nitrogens with zero attached hydrogens (tertiary/aromatic N) is 1. The molecule has 0 spiro atoms. The molecule has 1 saturated heterocycles. The second-order valence-electron chi connectivity index (χ2n) is 6.46. The first-order valence-electron chi connectivity index (χ1n) is 9.12. The van der Waals surface area contributed by atoms with Gasteiger partial charge in [-0.1, -0.05) is 18.2 Å². The van der Waals surface area contributed by atoms with Crippen LogP contribution >= 0.6 is 0 Å². The topological polar surface area (TPSA) is 50.8 Å². The van der Waals surface area contributed by atoms with E-state index in [1.165, 1.54) is 24.9 Å². The fraction of sp³-hybridized carbons (Fsp3) is 0.381. The lowest BCUT2D eigenvalue weighted by Crippen LogP contribution is -2.29. The molecule has 1 N–H and O–H groups in total. The predicted octanol–water partition coefficient (Wildman–Crippen LogP) is 3.38. The Balaban J connectivity index is 1.43. The standard InChI is InChI=1S/C21H26N2O3/c1-25-19-6-5-7-20(14-19)26-16-21(24)22-15-17-8-10-18(11-9-17)23-12-3-2-4-13-23/h5-11,14H,2-4,12-13,15-16H2,1H3,(H,22,24). The molecule has 0 aromatic heterocycles. The first-order valence-corrected chi connectivity index (χ1v) is 9.12. The highest BCUT2D eigenvalue weighted by atomic mass is 16.5. The molecule has 1 heterocycles. The third-order valence-electron chi connectivity index (χ3n) is 4.56. The van der Waals surface area contributed by atoms with Crippen molar-refractivity contribution in [3.63, 3.8) is 0 Å². The van der Waals surface area contributed by atoms with E-state index in [1.807, 2.05) is 12.1 Å². The second kappa shape index (κ2) is 9.13. The number of amides is 1. The van der Waals surface area contributed by atoms with Gasteiger partial charge in [0.15, 0.2) is 6.61 Å². The monoisotopic (exact) mass is 354 g/mol. The molecule has 0 aliphatic carbocycles. The summed E-state index contributed by atoms with van der Waals surface area (Å²) in [6.07, 6.45) is 3.87. The molecule has 2 aromatic rings. The lowest BCUT2D eigenvalue weighted by Gasteiger charge is -2.28. The third kappa shape index (κ3) is 5.15. The van der Waals surface area contributed by atoms with E-state index >= 15 is 0 Å². The Labute approximate surface area is 154 Å². The fourth-order valence-corrected chi connectivity index (χ4v) is 3.07. The van der Waals surface area contributed by atoms with Gasteiger partial charge in [-0.25, -0.2) is 0 Å². The Morgan fingerprint density at radius 3 is 2.50 bits per heavy atom. The summed E-state index contributed by atoms with van der Waals surface area (Å²) in [6.45, 7) is 2.76. The summed E-state index contributed by atoms with van der Waals surface area (Å²) in [6, 6.07) is 15.7. The maximum atomic E-state index is 12.0. The van der Waals surface area contributed by atoms with Crippen LogP contribution in [0, 0.1) is 0 Å². The number of ether oxygens (including phenoxy) is 2. The molecular formula is C21H26N2O3. The molecule has 138 valence electrons. The van der Waals surface area contributed by atoms with E-state index in [0.717, 1.165) is 18.7 Å². The van der Waals surface area contributed by atoms with Crippen molar-refractivity contribution in [2.24, 2.45) is 0 Å². The average Bonchev–Trinajstić information content (AvgIpc) is 2.72. The molecule has 0 radical (unpaired) electrons. The van der Waals surface area contributed by atoms with E-state index in [9.17, 15) is 4.79 Å². The van der Waals surface area contributed by atoms with Crippen molar-refractivity contribution in [3.8, 4) is 11.5 Å². The molecule has 26 heavy (non-hydrogen) atoms. The molecule has 0 atom stereocenters. The van der Waals surface area contributed by atoms with Crippen LogP contribution in [0.4, 0.5) is 5.69 Å². The van der Waals surface area contributed by atoms with Gasteiger partial charge in [-0.3, -0.25) is 4.79 Å². The van der Waals surface area contributed by atoms with Crippen LogP contribution in [0.5, 0.6) is 11.5 Å². The summed E-state index contributed by atoms with van der Waals surface area (Å²) in [7, 11) is 1.60. The number of carbonyl (C=O) groups is 1. The molecule has 1 fully saturated rings. The van der Waals surface area contributed by atoms with Crippen molar-refractivity contribution < 1.29 is 14.3 Å². The SMILES string of the molecule is COc1cccc(OCC(=O)NCc2ccc(N3CCCCC3)cc2)c1. The van der Waals surface area contributed by atoms with Crippen LogP contribution in [0.25, 0.3) is 0 Å². The molecule has 5 heteroatoms. The second-order valence-corrected chi connectivity index (χ2v) is 6.46. The van der Waals surface area contributed by atoms with Crippen LogP contribution in [0.1, 0.15) is 24.8 Å². The van der Waals surface area contributed by atoms with E-state index in [2.05, 4.69) is 34.5 Å². The molecule has 5 nitrogen and oxygen atoms in total. The third-order valence-corrected chi connectivity index (χ3v) is 4.56. The number of carbonyl (C=O) groups excluding carboxylic acids is 1. The van der Waals surface area contributed by atoms with E-state index < -0.39 is 0 Å². The van der Waals surface area contributed by atoms with E-state index in [4.69, 9.17) is 9.47 Å². The van der Waals surface area contributed by atoms with Gasteiger partial charge in [-0.05, 0) is 49.1 Å². The molecule has 0 bridgehead atoms. The van der Waals surface area contributed by atoms with Crippen molar-refractivity contribution >= 4 is 11.6 Å². The zero-order chi connectivity index (χ0) is 18.2. The number of methoxy groups -OCH3 is 1. The fourth-order valence-electron chi connectivity index (χ4n) is 3.07. The molecule has 0 unspecified atom stereocenters. The smallest absolute Gasteiger partial charge is 0.258 e. The van der Waals surface area contributed by atoms with E-state index in [0.29, 0.717) is 18.0 Å². The molecular weight excluding hydrogens is 328 g/mol. The van der Waals surface area contributed by atoms with Crippen molar-refractivity contribution in [3.05, 3.63) is 54.1 Å². The normalized spacial score (nSPS) is 14.0. The maximum absolute atomic E-state index is 12.0. The van der Waals surface area contributed by atoms with Gasteiger partial charge in [-0.2, -0.15) is 0 Å². The molecule has 2 aromatic carbocycles. The van der Waals surface area contributed by atoms with Gasteiger partial charge >= 0.3 is 0 Å². The van der Waals surface area contributed by atoms with Crippen LogP contribution in [-0.2, 0) is 11.3 Å². The first-order chi connectivity index (χ1) is 12.7. The molecule has 1 amide bonds. The number of rotatable bonds is 7. The summed E-state index contributed by atoms with van der Waals surface area (Å²) in [5, 5.41) is 2.89. The summed E-state index contributed by atoms with van der Waals surface area (Å²) in [5.41, 5.74) is 2.35. The van der Waals surface area contributed by atoms with Gasteiger partial charge < -0.3 is 19.7 Å². The zero-order valence-electron chi connectivity index (χ0n) is 15.2. The number of hydrogen-bond donors (Lipinski definition) is 1. The lowest BCUT2D eigenvalue weighted by atomic mass is 10.1. The molecule has 1 aliphatic heterocycles. The van der Waals surface area contributed by atoms with Gasteiger partial charge in [0.1, 0.15) is 11.5 Å². The van der Waals surface area contributed by atoms with Crippen molar-refractivity contribution in [1.29, 1.82) is 0 Å². The van der Waals surface area contributed by atoms with E-state index in [-0.39, 0.29) is 12.5 Å². The van der Waals surface area contributed by atoms with Crippen LogP contribution in [0.3, 0.4) is 0 Å².